The van der Waals surface area contributed by atoms with Gasteiger partial charge in [-0.3, -0.25) is 0 Å². The van der Waals surface area contributed by atoms with Crippen LogP contribution < -0.4 is 10.1 Å². The summed E-state index contributed by atoms with van der Waals surface area (Å²) in [5.41, 5.74) is 0. The minimum Gasteiger partial charge on any atom is -0.474 e. The second kappa shape index (κ2) is 7.56. The van der Waals surface area contributed by atoms with Crippen molar-refractivity contribution < 1.29 is 4.74 Å². The molecule has 0 bridgehead atoms. The smallest absolute Gasteiger partial charge is 0.233 e. The standard InChI is InChI=1S/C13H22BrN3O/c1-5-6-15-13-16-8-11(14)12(17-13)18-10(4)7-9(2)3/h8-10H,5-7H2,1-4H3,(H,15,16,17). The second-order valence-electron chi connectivity index (χ2n) is 4.83. The summed E-state index contributed by atoms with van der Waals surface area (Å²) in [5, 5.41) is 3.15. The zero-order chi connectivity index (χ0) is 13.5. The molecule has 0 aliphatic rings. The summed E-state index contributed by atoms with van der Waals surface area (Å²) in [4.78, 5) is 8.56. The summed E-state index contributed by atoms with van der Waals surface area (Å²) in [6, 6.07) is 0. The number of anilines is 1. The Kier molecular flexibility index (Phi) is 6.39. The number of ether oxygens (including phenoxy) is 1. The van der Waals surface area contributed by atoms with Gasteiger partial charge in [0.1, 0.15) is 0 Å². The van der Waals surface area contributed by atoms with Gasteiger partial charge in [-0.05, 0) is 41.6 Å². The highest BCUT2D eigenvalue weighted by atomic mass is 79.9. The molecule has 4 nitrogen and oxygen atoms in total. The molecule has 1 aromatic rings. The molecule has 0 fully saturated rings. The van der Waals surface area contributed by atoms with E-state index in [9.17, 15) is 0 Å². The third kappa shape index (κ3) is 5.21. The molecule has 1 rings (SSSR count). The molecule has 5 heteroatoms. The summed E-state index contributed by atoms with van der Waals surface area (Å²) in [6.45, 7) is 9.40. The van der Waals surface area contributed by atoms with Gasteiger partial charge in [0.15, 0.2) is 0 Å². The molecule has 0 amide bonds. The summed E-state index contributed by atoms with van der Waals surface area (Å²) in [6.07, 6.45) is 3.92. The number of hydrogen-bond acceptors (Lipinski definition) is 4. The van der Waals surface area contributed by atoms with Gasteiger partial charge in [-0.1, -0.05) is 20.8 Å². The molecular weight excluding hydrogens is 294 g/mol. The van der Waals surface area contributed by atoms with E-state index < -0.39 is 0 Å². The van der Waals surface area contributed by atoms with E-state index in [2.05, 4.69) is 58.9 Å². The minimum atomic E-state index is 0.148. The molecule has 0 saturated heterocycles. The van der Waals surface area contributed by atoms with Gasteiger partial charge in [0.2, 0.25) is 11.8 Å². The van der Waals surface area contributed by atoms with E-state index in [4.69, 9.17) is 4.74 Å². The fourth-order valence-corrected chi connectivity index (χ4v) is 1.94. The normalized spacial score (nSPS) is 12.6. The molecular formula is C13H22BrN3O. The van der Waals surface area contributed by atoms with Crippen molar-refractivity contribution in [1.82, 2.24) is 9.97 Å². The number of rotatable bonds is 7. The Labute approximate surface area is 118 Å². The molecule has 1 heterocycles. The Bertz CT molecular complexity index is 371. The Morgan fingerprint density at radius 1 is 1.39 bits per heavy atom. The lowest BCUT2D eigenvalue weighted by atomic mass is 10.1. The zero-order valence-electron chi connectivity index (χ0n) is 11.5. The molecule has 0 aliphatic heterocycles. The molecule has 0 aliphatic carbocycles. The average Bonchev–Trinajstić information content (AvgIpc) is 2.29. The third-order valence-electron chi connectivity index (χ3n) is 2.36. The van der Waals surface area contributed by atoms with Crippen molar-refractivity contribution in [3.05, 3.63) is 10.7 Å². The second-order valence-corrected chi connectivity index (χ2v) is 5.69. The maximum absolute atomic E-state index is 5.84. The van der Waals surface area contributed by atoms with E-state index in [1.807, 2.05) is 0 Å². The Morgan fingerprint density at radius 2 is 2.11 bits per heavy atom. The van der Waals surface area contributed by atoms with Crippen LogP contribution in [0.15, 0.2) is 10.7 Å². The Hall–Kier alpha value is -0.840. The number of aromatic nitrogens is 2. The maximum Gasteiger partial charge on any atom is 0.233 e. The highest BCUT2D eigenvalue weighted by molar-refractivity contribution is 9.10. The SMILES string of the molecule is CCCNc1ncc(Br)c(OC(C)CC(C)C)n1. The van der Waals surface area contributed by atoms with Crippen LogP contribution in [-0.2, 0) is 0 Å². The van der Waals surface area contributed by atoms with Gasteiger partial charge in [-0.2, -0.15) is 4.98 Å². The van der Waals surface area contributed by atoms with Crippen molar-refractivity contribution in [1.29, 1.82) is 0 Å². The molecule has 18 heavy (non-hydrogen) atoms. The van der Waals surface area contributed by atoms with Crippen LogP contribution in [0.25, 0.3) is 0 Å². The van der Waals surface area contributed by atoms with Crippen LogP contribution in [0.2, 0.25) is 0 Å². The lowest BCUT2D eigenvalue weighted by Crippen LogP contribution is -2.16. The van der Waals surface area contributed by atoms with Crippen molar-refractivity contribution in [3.63, 3.8) is 0 Å². The van der Waals surface area contributed by atoms with Crippen LogP contribution in [0.5, 0.6) is 5.88 Å². The summed E-state index contributed by atoms with van der Waals surface area (Å²) in [5.74, 6) is 1.84. The molecule has 102 valence electrons. The van der Waals surface area contributed by atoms with Gasteiger partial charge < -0.3 is 10.1 Å². The van der Waals surface area contributed by atoms with E-state index in [1.54, 1.807) is 6.20 Å². The third-order valence-corrected chi connectivity index (χ3v) is 2.91. The summed E-state index contributed by atoms with van der Waals surface area (Å²) >= 11 is 3.42. The minimum absolute atomic E-state index is 0.148. The zero-order valence-corrected chi connectivity index (χ0v) is 13.1. The maximum atomic E-state index is 5.84. The predicted octanol–water partition coefficient (Wildman–Crippen LogP) is 3.87. The van der Waals surface area contributed by atoms with Crippen molar-refractivity contribution in [3.8, 4) is 5.88 Å². The van der Waals surface area contributed by atoms with Crippen LogP contribution in [0.3, 0.4) is 0 Å². The van der Waals surface area contributed by atoms with Gasteiger partial charge >= 0.3 is 0 Å². The fourth-order valence-electron chi connectivity index (χ4n) is 1.66. The van der Waals surface area contributed by atoms with Crippen LogP contribution in [-0.4, -0.2) is 22.6 Å². The van der Waals surface area contributed by atoms with Gasteiger partial charge in [-0.15, -0.1) is 0 Å². The predicted molar refractivity (Wildman–Crippen MR) is 78.1 cm³/mol. The number of nitrogens with one attached hydrogen (secondary N) is 1. The average molecular weight is 316 g/mol. The van der Waals surface area contributed by atoms with Gasteiger partial charge in [0, 0.05) is 6.54 Å². The number of nitrogens with zero attached hydrogens (tertiary/aromatic N) is 2. The van der Waals surface area contributed by atoms with Crippen molar-refractivity contribution in [2.45, 2.75) is 46.6 Å². The van der Waals surface area contributed by atoms with Crippen LogP contribution in [0, 0.1) is 5.92 Å². The van der Waals surface area contributed by atoms with E-state index >= 15 is 0 Å². The number of hydrogen-bond donors (Lipinski definition) is 1. The molecule has 1 N–H and O–H groups in total. The highest BCUT2D eigenvalue weighted by Crippen LogP contribution is 2.24. The molecule has 1 atom stereocenters. The fraction of sp³-hybridized carbons (Fsp3) is 0.692. The van der Waals surface area contributed by atoms with Crippen molar-refractivity contribution >= 4 is 21.9 Å². The Morgan fingerprint density at radius 3 is 2.72 bits per heavy atom. The molecule has 1 aromatic heterocycles. The number of halogens is 1. The van der Waals surface area contributed by atoms with Crippen LogP contribution in [0.1, 0.15) is 40.5 Å². The largest absolute Gasteiger partial charge is 0.474 e. The molecule has 0 spiro atoms. The van der Waals surface area contributed by atoms with Crippen molar-refractivity contribution in [2.75, 3.05) is 11.9 Å². The molecule has 0 saturated carbocycles. The van der Waals surface area contributed by atoms with Gasteiger partial charge in [0.25, 0.3) is 0 Å². The van der Waals surface area contributed by atoms with Crippen LogP contribution >= 0.6 is 15.9 Å². The van der Waals surface area contributed by atoms with E-state index in [-0.39, 0.29) is 6.10 Å². The lowest BCUT2D eigenvalue weighted by molar-refractivity contribution is 0.184. The first-order valence-electron chi connectivity index (χ1n) is 6.46. The highest BCUT2D eigenvalue weighted by Gasteiger charge is 2.11. The lowest BCUT2D eigenvalue weighted by Gasteiger charge is -2.17. The summed E-state index contributed by atoms with van der Waals surface area (Å²) in [7, 11) is 0. The van der Waals surface area contributed by atoms with Gasteiger partial charge in [0.05, 0.1) is 16.8 Å². The molecule has 0 aromatic carbocycles. The van der Waals surface area contributed by atoms with E-state index in [0.29, 0.717) is 17.7 Å². The first-order valence-corrected chi connectivity index (χ1v) is 7.25. The van der Waals surface area contributed by atoms with Crippen LogP contribution in [0.4, 0.5) is 5.95 Å². The monoisotopic (exact) mass is 315 g/mol. The van der Waals surface area contributed by atoms with Gasteiger partial charge in [-0.25, -0.2) is 4.98 Å². The quantitative estimate of drug-likeness (QED) is 0.829. The first-order chi connectivity index (χ1) is 8.52. The topological polar surface area (TPSA) is 47.0 Å². The molecule has 0 radical (unpaired) electrons. The molecule has 1 unspecified atom stereocenters. The summed E-state index contributed by atoms with van der Waals surface area (Å²) < 4.78 is 6.63. The van der Waals surface area contributed by atoms with E-state index in [0.717, 1.165) is 23.9 Å². The van der Waals surface area contributed by atoms with Crippen molar-refractivity contribution in [2.24, 2.45) is 5.92 Å². The van der Waals surface area contributed by atoms with E-state index in [1.165, 1.54) is 0 Å². The first kappa shape index (κ1) is 15.2. The Balaban J connectivity index is 2.68.